The number of pyridine rings is 1. The maximum Gasteiger partial charge on any atom is 0.169 e. The molecule has 51 heavy (non-hydrogen) atoms. The van der Waals surface area contributed by atoms with E-state index in [4.69, 9.17) is 9.47 Å². The average Bonchev–Trinajstić information content (AvgIpc) is 3.67. The number of hydrogen-bond donors (Lipinski definition) is 0. The lowest BCUT2D eigenvalue weighted by atomic mass is 9.98. The molecule has 0 spiro atoms. The van der Waals surface area contributed by atoms with Gasteiger partial charge in [0.25, 0.3) is 0 Å². The number of allylic oxidation sites excluding steroid dienone is 8. The van der Waals surface area contributed by atoms with Crippen molar-refractivity contribution in [3.8, 4) is 0 Å². The van der Waals surface area contributed by atoms with Crippen molar-refractivity contribution >= 4 is 0 Å². The summed E-state index contributed by atoms with van der Waals surface area (Å²) >= 11 is 0. The fourth-order valence-corrected chi connectivity index (χ4v) is 7.63. The van der Waals surface area contributed by atoms with Gasteiger partial charge in [0, 0.05) is 44.9 Å². The minimum atomic E-state index is -0.359. The van der Waals surface area contributed by atoms with Gasteiger partial charge in [-0.25, -0.2) is 0 Å². The van der Waals surface area contributed by atoms with Gasteiger partial charge in [-0.3, -0.25) is 9.88 Å². The summed E-state index contributed by atoms with van der Waals surface area (Å²) in [5.41, 5.74) is 1.32. The smallest absolute Gasteiger partial charge is 0.169 e. The first-order valence-electron chi connectivity index (χ1n) is 21.8. The Kier molecular flexibility index (Phi) is 25.1. The van der Waals surface area contributed by atoms with Crippen LogP contribution in [0.2, 0.25) is 0 Å². The Morgan fingerprint density at radius 3 is 1.37 bits per heavy atom. The molecule has 2 saturated heterocycles. The van der Waals surface area contributed by atoms with Gasteiger partial charge in [0.1, 0.15) is 12.2 Å². The third-order valence-corrected chi connectivity index (χ3v) is 10.7. The van der Waals surface area contributed by atoms with Gasteiger partial charge in [0.05, 0.1) is 0 Å². The van der Waals surface area contributed by atoms with Crippen molar-refractivity contribution in [2.45, 2.75) is 205 Å². The van der Waals surface area contributed by atoms with Gasteiger partial charge < -0.3 is 9.47 Å². The molecule has 288 valence electrons. The lowest BCUT2D eigenvalue weighted by Crippen LogP contribution is -2.35. The molecule has 0 aliphatic carbocycles. The Hall–Kier alpha value is -2.01. The van der Waals surface area contributed by atoms with Crippen LogP contribution in [-0.2, 0) is 16.0 Å². The van der Waals surface area contributed by atoms with E-state index in [1.54, 1.807) is 0 Å². The van der Waals surface area contributed by atoms with Gasteiger partial charge in [-0.05, 0) is 94.7 Å². The lowest BCUT2D eigenvalue weighted by Gasteiger charge is -2.31. The Morgan fingerprint density at radius 2 is 0.941 bits per heavy atom. The topological polar surface area (TPSA) is 34.6 Å². The molecule has 1 aromatic rings. The molecule has 2 aliphatic heterocycles. The zero-order valence-corrected chi connectivity index (χ0v) is 33.3. The predicted octanol–water partition coefficient (Wildman–Crippen LogP) is 13.8. The van der Waals surface area contributed by atoms with E-state index in [0.29, 0.717) is 0 Å². The number of hydrogen-bond acceptors (Lipinski definition) is 4. The molecule has 0 unspecified atom stereocenters. The van der Waals surface area contributed by atoms with Crippen molar-refractivity contribution in [3.63, 3.8) is 0 Å². The minimum Gasteiger partial charge on any atom is -0.343 e. The molecule has 3 rings (SSSR count). The van der Waals surface area contributed by atoms with Crippen LogP contribution in [-0.4, -0.2) is 41.0 Å². The number of nitrogens with zero attached hydrogens (tertiary/aromatic N) is 2. The van der Waals surface area contributed by atoms with Crippen LogP contribution in [0.15, 0.2) is 73.1 Å². The van der Waals surface area contributed by atoms with Gasteiger partial charge in [-0.15, -0.1) is 0 Å². The second-order valence-corrected chi connectivity index (χ2v) is 15.4. The molecule has 0 amide bonds. The fraction of sp³-hybridized carbons (Fsp3) is 0.723. The van der Waals surface area contributed by atoms with Crippen LogP contribution >= 0.6 is 0 Å². The van der Waals surface area contributed by atoms with Gasteiger partial charge in [0.2, 0.25) is 0 Å². The van der Waals surface area contributed by atoms with E-state index in [1.807, 2.05) is 12.4 Å². The van der Waals surface area contributed by atoms with Gasteiger partial charge in [-0.2, -0.15) is 0 Å². The Bertz CT molecular complexity index is 999. The zero-order valence-electron chi connectivity index (χ0n) is 33.3. The van der Waals surface area contributed by atoms with Crippen molar-refractivity contribution < 1.29 is 9.47 Å². The van der Waals surface area contributed by atoms with Crippen LogP contribution in [0, 0.1) is 0 Å². The normalized spacial score (nSPS) is 19.2. The quantitative estimate of drug-likeness (QED) is 0.0553. The van der Waals surface area contributed by atoms with Crippen molar-refractivity contribution in [3.05, 3.63) is 78.7 Å². The van der Waals surface area contributed by atoms with Crippen LogP contribution in [0.3, 0.4) is 0 Å². The molecular formula is C47H78N2O2. The molecule has 0 N–H and O–H groups in total. The fourth-order valence-electron chi connectivity index (χ4n) is 7.63. The molecule has 4 heteroatoms. The summed E-state index contributed by atoms with van der Waals surface area (Å²) in [6.07, 6.45) is 56.0. The van der Waals surface area contributed by atoms with Gasteiger partial charge in [-0.1, -0.05) is 140 Å². The van der Waals surface area contributed by atoms with E-state index >= 15 is 0 Å². The van der Waals surface area contributed by atoms with Crippen LogP contribution < -0.4 is 0 Å². The molecule has 2 fully saturated rings. The lowest BCUT2D eigenvalue weighted by molar-refractivity contribution is -0.194. The van der Waals surface area contributed by atoms with Gasteiger partial charge >= 0.3 is 0 Å². The summed E-state index contributed by atoms with van der Waals surface area (Å²) in [5.74, 6) is -0.359. The summed E-state index contributed by atoms with van der Waals surface area (Å²) < 4.78 is 13.8. The highest BCUT2D eigenvalue weighted by molar-refractivity contribution is 5.10. The van der Waals surface area contributed by atoms with Crippen molar-refractivity contribution in [2.24, 2.45) is 0 Å². The van der Waals surface area contributed by atoms with Crippen LogP contribution in [0.1, 0.15) is 186 Å². The van der Waals surface area contributed by atoms with E-state index < -0.39 is 0 Å². The highest BCUT2D eigenvalue weighted by atomic mass is 16.8. The number of unbranched alkanes of at least 4 members (excludes halogenated alkanes) is 18. The highest BCUT2D eigenvalue weighted by Gasteiger charge is 2.50. The van der Waals surface area contributed by atoms with Crippen molar-refractivity contribution in [1.82, 2.24) is 9.88 Å². The molecule has 0 radical (unpaired) electrons. The van der Waals surface area contributed by atoms with Crippen molar-refractivity contribution in [2.75, 3.05) is 13.1 Å². The minimum absolute atomic E-state index is 0.209. The molecule has 1 aromatic heterocycles. The van der Waals surface area contributed by atoms with E-state index in [2.05, 4.69) is 84.5 Å². The first-order valence-corrected chi connectivity index (χ1v) is 21.8. The summed E-state index contributed by atoms with van der Waals surface area (Å²) in [5, 5.41) is 0. The van der Waals surface area contributed by atoms with Crippen LogP contribution in [0.5, 0.6) is 0 Å². The predicted molar refractivity (Wildman–Crippen MR) is 220 cm³/mol. The molecular weight excluding hydrogens is 625 g/mol. The average molecular weight is 703 g/mol. The third-order valence-electron chi connectivity index (χ3n) is 10.7. The number of rotatable bonds is 32. The van der Waals surface area contributed by atoms with E-state index in [9.17, 15) is 0 Å². The van der Waals surface area contributed by atoms with E-state index in [-0.39, 0.29) is 18.0 Å². The van der Waals surface area contributed by atoms with Crippen molar-refractivity contribution in [1.29, 1.82) is 0 Å². The van der Waals surface area contributed by atoms with Crippen LogP contribution in [0.25, 0.3) is 0 Å². The Labute approximate surface area is 315 Å². The first-order chi connectivity index (χ1) is 25.2. The molecule has 0 aromatic carbocycles. The maximum absolute atomic E-state index is 6.89. The van der Waals surface area contributed by atoms with E-state index in [1.165, 1.54) is 147 Å². The Morgan fingerprint density at radius 1 is 0.549 bits per heavy atom. The second-order valence-electron chi connectivity index (χ2n) is 15.4. The number of fused-ring (bicyclic) bond motifs is 1. The summed E-state index contributed by atoms with van der Waals surface area (Å²) in [7, 11) is 0. The molecule has 4 nitrogen and oxygen atoms in total. The van der Waals surface area contributed by atoms with Crippen LogP contribution in [0.4, 0.5) is 0 Å². The third kappa shape index (κ3) is 20.7. The standard InChI is InChI=1S/C47H78N2O2/c1-3-5-7-9-11-13-15-17-19-21-23-25-27-29-31-33-37-47(50-45-42-49(43-46(45)51-47)41-44-35-39-48-40-36-44)38-34-32-30-28-26-24-22-20-18-16-14-12-10-8-6-4-2/h11-14,17-20,35-36,39-40,45-46H,3-10,15-16,21-34,37-38,41-43H2,1-2H3/b13-11-,14-12-,19-17-,20-18-/t45-,46-/m1/s1. The highest BCUT2D eigenvalue weighted by Crippen LogP contribution is 2.41. The first kappa shape index (κ1) is 43.4. The maximum atomic E-state index is 6.89. The summed E-state index contributed by atoms with van der Waals surface area (Å²) in [4.78, 5) is 6.68. The van der Waals surface area contributed by atoms with Gasteiger partial charge in [0.15, 0.2) is 5.79 Å². The SMILES string of the molecule is CCCCC/C=C\C/C=C\CCCCCCCCC1(CCCCCCCC/C=C\C/C=C\CCCCC)O[C@@H]2CN(Cc3ccncc3)C[C@H]2O1. The summed E-state index contributed by atoms with van der Waals surface area (Å²) in [6.45, 7) is 7.44. The van der Waals surface area contributed by atoms with E-state index in [0.717, 1.165) is 45.3 Å². The molecule has 2 aliphatic rings. The number of aromatic nitrogens is 1. The molecule has 3 heterocycles. The number of ether oxygens (including phenoxy) is 2. The zero-order chi connectivity index (χ0) is 35.9. The molecule has 0 bridgehead atoms. The number of likely N-dealkylation sites (tertiary alicyclic amines) is 1. The molecule has 0 saturated carbocycles. The monoisotopic (exact) mass is 703 g/mol. The second kappa shape index (κ2) is 29.4. The summed E-state index contributed by atoms with van der Waals surface area (Å²) in [6, 6.07) is 4.24. The molecule has 2 atom stereocenters. The largest absolute Gasteiger partial charge is 0.343 e. The Balaban J connectivity index is 1.28.